The zero-order chi connectivity index (χ0) is 19.8. The molecule has 0 aliphatic heterocycles. The largest absolute Gasteiger partial charge is 0.356 e. The molecule has 3 N–H and O–H groups in total. The summed E-state index contributed by atoms with van der Waals surface area (Å²) in [5, 5.41) is 10.3. The van der Waals surface area contributed by atoms with Crippen LogP contribution < -0.4 is 16.0 Å². The Balaban J connectivity index is 1.90. The van der Waals surface area contributed by atoms with Gasteiger partial charge in [0.25, 0.3) is 5.91 Å². The van der Waals surface area contributed by atoms with Crippen LogP contribution in [-0.4, -0.2) is 32.5 Å². The van der Waals surface area contributed by atoms with Crippen molar-refractivity contribution in [1.29, 1.82) is 0 Å². The Hall–Kier alpha value is -2.24. The van der Waals surface area contributed by atoms with Gasteiger partial charge in [-0.15, -0.1) is 0 Å². The fourth-order valence-electron chi connectivity index (χ4n) is 2.60. The molecule has 0 aromatic heterocycles. The lowest BCUT2D eigenvalue weighted by Crippen LogP contribution is -2.39. The second-order valence-electron chi connectivity index (χ2n) is 6.07. The fourth-order valence-corrected chi connectivity index (χ4v) is 2.91. The predicted molar refractivity (Wildman–Crippen MR) is 113 cm³/mol. The van der Waals surface area contributed by atoms with Crippen LogP contribution in [-0.2, 0) is 6.42 Å². The number of hydrogen-bond acceptors (Lipinski definition) is 2. The molecule has 7 heteroatoms. The molecule has 5 nitrogen and oxygen atoms in total. The summed E-state index contributed by atoms with van der Waals surface area (Å²) in [6.07, 6.45) is 0.771. The van der Waals surface area contributed by atoms with E-state index in [9.17, 15) is 4.79 Å². The monoisotopic (exact) mass is 406 g/mol. The third kappa shape index (κ3) is 6.15. The second-order valence-corrected chi connectivity index (χ2v) is 6.88. The molecule has 1 amide bonds. The van der Waals surface area contributed by atoms with Crippen LogP contribution in [0.3, 0.4) is 0 Å². The maximum absolute atomic E-state index is 11.7. The van der Waals surface area contributed by atoms with E-state index in [-0.39, 0.29) is 11.9 Å². The van der Waals surface area contributed by atoms with E-state index in [1.807, 2.05) is 37.3 Å². The first-order chi connectivity index (χ1) is 12.9. The molecule has 27 heavy (non-hydrogen) atoms. The first-order valence-corrected chi connectivity index (χ1v) is 9.43. The van der Waals surface area contributed by atoms with Crippen LogP contribution in [0.2, 0.25) is 10.0 Å². The van der Waals surface area contributed by atoms with Gasteiger partial charge >= 0.3 is 0 Å². The average Bonchev–Trinajstić information content (AvgIpc) is 2.68. The van der Waals surface area contributed by atoms with E-state index in [2.05, 4.69) is 20.9 Å². The van der Waals surface area contributed by atoms with Crippen molar-refractivity contribution >= 4 is 35.1 Å². The summed E-state index contributed by atoms with van der Waals surface area (Å²) in [4.78, 5) is 16.0. The highest BCUT2D eigenvalue weighted by atomic mass is 35.5. The number of carbonyl (C=O) groups is 1. The van der Waals surface area contributed by atoms with E-state index in [4.69, 9.17) is 23.2 Å². The number of guanidine groups is 1. The fraction of sp³-hybridized carbons (Fsp3) is 0.300. The molecule has 1 unspecified atom stereocenters. The molecule has 1 atom stereocenters. The number of nitrogens with one attached hydrogen (secondary N) is 3. The minimum absolute atomic E-state index is 0.0162. The van der Waals surface area contributed by atoms with Gasteiger partial charge in [-0.1, -0.05) is 41.4 Å². The molecule has 2 aromatic carbocycles. The smallest absolute Gasteiger partial charge is 0.251 e. The van der Waals surface area contributed by atoms with Gasteiger partial charge in [0.1, 0.15) is 0 Å². The van der Waals surface area contributed by atoms with Gasteiger partial charge < -0.3 is 16.0 Å². The summed E-state index contributed by atoms with van der Waals surface area (Å²) >= 11 is 12.1. The highest BCUT2D eigenvalue weighted by molar-refractivity contribution is 6.42. The summed E-state index contributed by atoms with van der Waals surface area (Å²) in [5.41, 5.74) is 2.76. The Morgan fingerprint density at radius 2 is 1.93 bits per heavy atom. The molecule has 0 heterocycles. The van der Waals surface area contributed by atoms with E-state index in [1.54, 1.807) is 26.2 Å². The first kappa shape index (κ1) is 21.1. The summed E-state index contributed by atoms with van der Waals surface area (Å²) in [6.45, 7) is 2.71. The highest BCUT2D eigenvalue weighted by Crippen LogP contribution is 2.25. The van der Waals surface area contributed by atoms with Crippen molar-refractivity contribution < 1.29 is 4.79 Å². The summed E-state index contributed by atoms with van der Waals surface area (Å²) < 4.78 is 0. The van der Waals surface area contributed by atoms with E-state index < -0.39 is 0 Å². The maximum Gasteiger partial charge on any atom is 0.251 e. The Kier molecular flexibility index (Phi) is 7.95. The lowest BCUT2D eigenvalue weighted by molar-refractivity contribution is 0.0963. The van der Waals surface area contributed by atoms with Crippen molar-refractivity contribution in [2.75, 3.05) is 20.6 Å². The quantitative estimate of drug-likeness (QED) is 0.504. The molecule has 0 bridgehead atoms. The van der Waals surface area contributed by atoms with Gasteiger partial charge in [-0.25, -0.2) is 0 Å². The van der Waals surface area contributed by atoms with E-state index in [0.29, 0.717) is 28.1 Å². The minimum atomic E-state index is -0.0854. The zero-order valence-corrected chi connectivity index (χ0v) is 17.2. The molecule has 0 fully saturated rings. The number of carbonyl (C=O) groups excluding carboxylic acids is 1. The van der Waals surface area contributed by atoms with Gasteiger partial charge in [-0.05, 0) is 48.7 Å². The molecule has 0 radical (unpaired) electrons. The lowest BCUT2D eigenvalue weighted by Gasteiger charge is -2.19. The van der Waals surface area contributed by atoms with Crippen molar-refractivity contribution in [3.63, 3.8) is 0 Å². The standard InChI is InChI=1S/C20H24Cl2N4O/c1-13(15-7-8-17(21)18(22)12-15)26-20(24-3)25-10-9-14-5-4-6-16(11-14)19(27)23-2/h4-8,11-13H,9-10H2,1-3H3,(H,23,27)(H2,24,25,26). The normalized spacial score (nSPS) is 12.4. The molecule has 2 aromatic rings. The van der Waals surface area contributed by atoms with Crippen LogP contribution in [0.25, 0.3) is 0 Å². The molecule has 0 saturated carbocycles. The summed E-state index contributed by atoms with van der Waals surface area (Å²) in [5.74, 6) is 0.605. The number of halogens is 2. The first-order valence-electron chi connectivity index (χ1n) is 8.67. The molecule has 0 saturated heterocycles. The van der Waals surface area contributed by atoms with Crippen molar-refractivity contribution in [2.45, 2.75) is 19.4 Å². The molecule has 0 aliphatic carbocycles. The maximum atomic E-state index is 11.7. The van der Waals surface area contributed by atoms with Crippen LogP contribution in [0.15, 0.2) is 47.5 Å². The van der Waals surface area contributed by atoms with Crippen LogP contribution in [0.4, 0.5) is 0 Å². The average molecular weight is 407 g/mol. The van der Waals surface area contributed by atoms with Crippen molar-refractivity contribution in [3.05, 3.63) is 69.2 Å². The van der Waals surface area contributed by atoms with Crippen LogP contribution in [0.5, 0.6) is 0 Å². The van der Waals surface area contributed by atoms with Crippen LogP contribution >= 0.6 is 23.2 Å². The molecule has 0 aliphatic rings. The predicted octanol–water partition coefficient (Wildman–Crippen LogP) is 3.82. The number of benzene rings is 2. The lowest BCUT2D eigenvalue weighted by atomic mass is 10.1. The number of rotatable bonds is 6. The summed E-state index contributed by atoms with van der Waals surface area (Å²) in [6, 6.07) is 13.2. The minimum Gasteiger partial charge on any atom is -0.356 e. The van der Waals surface area contributed by atoms with E-state index in [0.717, 1.165) is 17.5 Å². The Labute approximate surface area is 170 Å². The number of amides is 1. The van der Waals surface area contributed by atoms with Crippen molar-refractivity contribution in [2.24, 2.45) is 4.99 Å². The Morgan fingerprint density at radius 1 is 1.15 bits per heavy atom. The van der Waals surface area contributed by atoms with Gasteiger partial charge in [-0.3, -0.25) is 9.79 Å². The number of hydrogen-bond donors (Lipinski definition) is 3. The van der Waals surface area contributed by atoms with Gasteiger partial charge in [0.15, 0.2) is 5.96 Å². The van der Waals surface area contributed by atoms with Gasteiger partial charge in [0.2, 0.25) is 0 Å². The van der Waals surface area contributed by atoms with E-state index in [1.165, 1.54) is 0 Å². The van der Waals surface area contributed by atoms with Gasteiger partial charge in [0.05, 0.1) is 16.1 Å². The molecule has 2 rings (SSSR count). The van der Waals surface area contributed by atoms with Gasteiger partial charge in [-0.2, -0.15) is 0 Å². The number of aliphatic imine (C=N–C) groups is 1. The Morgan fingerprint density at radius 3 is 2.59 bits per heavy atom. The zero-order valence-electron chi connectivity index (χ0n) is 15.6. The molecule has 0 spiro atoms. The number of nitrogens with zero attached hydrogens (tertiary/aromatic N) is 1. The molecular weight excluding hydrogens is 383 g/mol. The van der Waals surface area contributed by atoms with Crippen LogP contribution in [0.1, 0.15) is 34.5 Å². The van der Waals surface area contributed by atoms with Crippen LogP contribution in [0, 0.1) is 0 Å². The van der Waals surface area contributed by atoms with Crippen molar-refractivity contribution in [3.8, 4) is 0 Å². The summed E-state index contributed by atoms with van der Waals surface area (Å²) in [7, 11) is 3.35. The van der Waals surface area contributed by atoms with Gasteiger partial charge in [0, 0.05) is 26.2 Å². The SMILES string of the molecule is CN=C(NCCc1cccc(C(=O)NC)c1)NC(C)c1ccc(Cl)c(Cl)c1. The third-order valence-electron chi connectivity index (χ3n) is 4.14. The third-order valence-corrected chi connectivity index (χ3v) is 4.88. The highest BCUT2D eigenvalue weighted by Gasteiger charge is 2.10. The molecular formula is C20H24Cl2N4O. The second kappa shape index (κ2) is 10.2. The van der Waals surface area contributed by atoms with E-state index >= 15 is 0 Å². The molecule has 144 valence electrons. The topological polar surface area (TPSA) is 65.5 Å². The van der Waals surface area contributed by atoms with Crippen molar-refractivity contribution in [1.82, 2.24) is 16.0 Å². The Bertz CT molecular complexity index is 823.